The summed E-state index contributed by atoms with van der Waals surface area (Å²) in [6.07, 6.45) is -4.48. The van der Waals surface area contributed by atoms with Gasteiger partial charge in [-0.3, -0.25) is 4.68 Å². The molecular formula is C11H9F3N2O2S. The van der Waals surface area contributed by atoms with Gasteiger partial charge in [-0.1, -0.05) is 0 Å². The molecule has 8 heteroatoms. The van der Waals surface area contributed by atoms with Gasteiger partial charge < -0.3 is 5.11 Å². The van der Waals surface area contributed by atoms with Crippen LogP contribution in [0.1, 0.15) is 22.3 Å². The zero-order chi connectivity index (χ0) is 14.2. The standard InChI is InChI=1S/C11H9F3N2O2S/c1-2-16-9(11(12,13)14)5-6(15-16)7-3-4-8(19-7)10(17)18/h3-5H,2H2,1H3,(H,17,18). The number of aryl methyl sites for hydroxylation is 1. The van der Waals surface area contributed by atoms with E-state index in [1.54, 1.807) is 6.92 Å². The second-order valence-electron chi connectivity index (χ2n) is 3.70. The average Bonchev–Trinajstić information content (AvgIpc) is 2.94. The van der Waals surface area contributed by atoms with Crippen molar-refractivity contribution < 1.29 is 23.1 Å². The Balaban J connectivity index is 2.45. The summed E-state index contributed by atoms with van der Waals surface area (Å²) in [5.41, 5.74) is -0.707. The minimum Gasteiger partial charge on any atom is -0.477 e. The van der Waals surface area contributed by atoms with Crippen molar-refractivity contribution >= 4 is 17.3 Å². The van der Waals surface area contributed by atoms with Crippen molar-refractivity contribution in [2.45, 2.75) is 19.6 Å². The fourth-order valence-corrected chi connectivity index (χ4v) is 2.40. The van der Waals surface area contributed by atoms with Crippen molar-refractivity contribution in [2.24, 2.45) is 0 Å². The van der Waals surface area contributed by atoms with Crippen LogP contribution in [0.25, 0.3) is 10.6 Å². The van der Waals surface area contributed by atoms with Crippen LogP contribution in [-0.2, 0) is 12.7 Å². The van der Waals surface area contributed by atoms with E-state index in [2.05, 4.69) is 5.10 Å². The fraction of sp³-hybridized carbons (Fsp3) is 0.273. The minimum absolute atomic E-state index is 0.0645. The van der Waals surface area contributed by atoms with Crippen LogP contribution in [0.15, 0.2) is 18.2 Å². The zero-order valence-corrected chi connectivity index (χ0v) is 10.5. The average molecular weight is 290 g/mol. The number of carboxylic acid groups (broad SMARTS) is 1. The Labute approximate surface area is 110 Å². The Morgan fingerprint density at radius 1 is 1.47 bits per heavy atom. The van der Waals surface area contributed by atoms with Gasteiger partial charge in [-0.15, -0.1) is 11.3 Å². The number of carbonyl (C=O) groups is 1. The molecule has 0 atom stereocenters. The normalized spacial score (nSPS) is 11.8. The van der Waals surface area contributed by atoms with Crippen LogP contribution in [0, 0.1) is 0 Å². The molecule has 4 nitrogen and oxygen atoms in total. The van der Waals surface area contributed by atoms with Gasteiger partial charge in [-0.05, 0) is 25.1 Å². The van der Waals surface area contributed by atoms with Crippen molar-refractivity contribution in [3.63, 3.8) is 0 Å². The Kier molecular flexibility index (Phi) is 3.36. The summed E-state index contributed by atoms with van der Waals surface area (Å²) >= 11 is 0.895. The van der Waals surface area contributed by atoms with E-state index in [-0.39, 0.29) is 17.1 Å². The first kappa shape index (κ1) is 13.6. The third-order valence-electron chi connectivity index (χ3n) is 2.44. The largest absolute Gasteiger partial charge is 0.477 e. The highest BCUT2D eigenvalue weighted by Gasteiger charge is 2.35. The second-order valence-corrected chi connectivity index (χ2v) is 4.78. The van der Waals surface area contributed by atoms with Crippen molar-refractivity contribution in [1.82, 2.24) is 9.78 Å². The summed E-state index contributed by atoms with van der Waals surface area (Å²) in [5.74, 6) is -1.11. The van der Waals surface area contributed by atoms with Gasteiger partial charge in [0.1, 0.15) is 16.3 Å². The number of rotatable bonds is 3. The first-order valence-corrected chi connectivity index (χ1v) is 6.13. The number of aromatic carboxylic acids is 1. The number of nitrogens with zero attached hydrogens (tertiary/aromatic N) is 2. The lowest BCUT2D eigenvalue weighted by atomic mass is 10.3. The lowest BCUT2D eigenvalue weighted by Crippen LogP contribution is -2.13. The SMILES string of the molecule is CCn1nc(-c2ccc(C(=O)O)s2)cc1C(F)(F)F. The molecule has 2 aromatic heterocycles. The molecule has 2 aromatic rings. The van der Waals surface area contributed by atoms with E-state index in [0.717, 1.165) is 22.1 Å². The highest BCUT2D eigenvalue weighted by molar-refractivity contribution is 7.17. The van der Waals surface area contributed by atoms with Gasteiger partial charge in [-0.25, -0.2) is 4.79 Å². The smallest absolute Gasteiger partial charge is 0.433 e. The van der Waals surface area contributed by atoms with Crippen LogP contribution in [0.5, 0.6) is 0 Å². The van der Waals surface area contributed by atoms with Crippen LogP contribution in [0.2, 0.25) is 0 Å². The fourth-order valence-electron chi connectivity index (χ4n) is 1.60. The molecule has 1 N–H and O–H groups in total. The maximum absolute atomic E-state index is 12.7. The van der Waals surface area contributed by atoms with Crippen LogP contribution < -0.4 is 0 Å². The third kappa shape index (κ3) is 2.62. The van der Waals surface area contributed by atoms with E-state index in [9.17, 15) is 18.0 Å². The van der Waals surface area contributed by atoms with Gasteiger partial charge >= 0.3 is 12.1 Å². The molecule has 0 saturated heterocycles. The zero-order valence-electron chi connectivity index (χ0n) is 9.73. The van der Waals surface area contributed by atoms with Gasteiger partial charge in [0.25, 0.3) is 0 Å². The molecule has 0 aliphatic rings. The van der Waals surface area contributed by atoms with Gasteiger partial charge in [-0.2, -0.15) is 18.3 Å². The van der Waals surface area contributed by atoms with Gasteiger partial charge in [0.05, 0.1) is 4.88 Å². The van der Waals surface area contributed by atoms with Crippen molar-refractivity contribution in [3.8, 4) is 10.6 Å². The first-order valence-electron chi connectivity index (χ1n) is 5.31. The molecule has 102 valence electrons. The monoisotopic (exact) mass is 290 g/mol. The van der Waals surface area contributed by atoms with Crippen LogP contribution in [0.3, 0.4) is 0 Å². The lowest BCUT2D eigenvalue weighted by molar-refractivity contribution is -0.144. The van der Waals surface area contributed by atoms with E-state index in [4.69, 9.17) is 5.11 Å². The summed E-state index contributed by atoms with van der Waals surface area (Å²) in [4.78, 5) is 11.2. The molecule has 0 aromatic carbocycles. The Hall–Kier alpha value is -1.83. The summed E-state index contributed by atoms with van der Waals surface area (Å²) in [6.45, 7) is 1.65. The molecule has 0 bridgehead atoms. The quantitative estimate of drug-likeness (QED) is 0.943. The Bertz CT molecular complexity index is 616. The van der Waals surface area contributed by atoms with Gasteiger partial charge in [0.15, 0.2) is 0 Å². The third-order valence-corrected chi connectivity index (χ3v) is 3.53. The van der Waals surface area contributed by atoms with E-state index >= 15 is 0 Å². The summed E-state index contributed by atoms with van der Waals surface area (Å²) < 4.78 is 39.1. The molecule has 0 amide bonds. The van der Waals surface area contributed by atoms with Crippen molar-refractivity contribution in [3.05, 3.63) is 28.8 Å². The number of alkyl halides is 3. The van der Waals surface area contributed by atoms with E-state index in [0.29, 0.717) is 4.88 Å². The first-order chi connectivity index (χ1) is 8.82. The number of thiophene rings is 1. The topological polar surface area (TPSA) is 55.1 Å². The van der Waals surface area contributed by atoms with Crippen molar-refractivity contribution in [2.75, 3.05) is 0 Å². The Morgan fingerprint density at radius 3 is 2.58 bits per heavy atom. The maximum atomic E-state index is 12.7. The molecule has 0 unspecified atom stereocenters. The number of halogens is 3. The maximum Gasteiger partial charge on any atom is 0.433 e. The number of hydrogen-bond donors (Lipinski definition) is 1. The number of hydrogen-bond acceptors (Lipinski definition) is 3. The van der Waals surface area contributed by atoms with Crippen molar-refractivity contribution in [1.29, 1.82) is 0 Å². The minimum atomic E-state index is -4.48. The van der Waals surface area contributed by atoms with Crippen LogP contribution in [0.4, 0.5) is 13.2 Å². The molecule has 2 heterocycles. The molecule has 0 radical (unpaired) electrons. The van der Waals surface area contributed by atoms with Crippen LogP contribution in [-0.4, -0.2) is 20.9 Å². The number of aromatic nitrogens is 2. The molecular weight excluding hydrogens is 281 g/mol. The van der Waals surface area contributed by atoms with Gasteiger partial charge in [0, 0.05) is 6.54 Å². The van der Waals surface area contributed by atoms with Gasteiger partial charge in [0.2, 0.25) is 0 Å². The summed E-state index contributed by atoms with van der Waals surface area (Å²) in [7, 11) is 0. The molecule has 0 aliphatic heterocycles. The molecule has 0 fully saturated rings. The highest BCUT2D eigenvalue weighted by Crippen LogP contribution is 2.34. The second kappa shape index (κ2) is 4.69. The van der Waals surface area contributed by atoms with E-state index in [1.165, 1.54) is 12.1 Å². The summed E-state index contributed by atoms with van der Waals surface area (Å²) in [6, 6.07) is 3.73. The van der Waals surface area contributed by atoms with E-state index in [1.807, 2.05) is 0 Å². The molecule has 19 heavy (non-hydrogen) atoms. The molecule has 2 rings (SSSR count). The Morgan fingerprint density at radius 2 is 2.16 bits per heavy atom. The predicted octanol–water partition coefficient (Wildman–Crippen LogP) is 3.35. The summed E-state index contributed by atoms with van der Waals surface area (Å²) in [5, 5.41) is 12.6. The van der Waals surface area contributed by atoms with Crippen LogP contribution >= 0.6 is 11.3 Å². The lowest BCUT2D eigenvalue weighted by Gasteiger charge is -2.06. The molecule has 0 saturated carbocycles. The van der Waals surface area contributed by atoms with E-state index < -0.39 is 17.8 Å². The highest BCUT2D eigenvalue weighted by atomic mass is 32.1. The predicted molar refractivity (Wildman–Crippen MR) is 63.2 cm³/mol. The number of carboxylic acids is 1. The molecule has 0 spiro atoms. The molecule has 0 aliphatic carbocycles.